The summed E-state index contributed by atoms with van der Waals surface area (Å²) in [4.78, 5) is 36.3. The number of carbonyl (C=O) groups is 2. The van der Waals surface area contributed by atoms with Gasteiger partial charge in [0.05, 0.1) is 11.3 Å². The zero-order chi connectivity index (χ0) is 14.0. The number of carboxylic acid groups (broad SMARTS) is 1. The molecule has 0 bridgehead atoms. The van der Waals surface area contributed by atoms with E-state index in [4.69, 9.17) is 5.11 Å². The fourth-order valence-corrected chi connectivity index (χ4v) is 2.34. The van der Waals surface area contributed by atoms with E-state index in [-0.39, 0.29) is 21.7 Å². The monoisotopic (exact) mass is 278 g/mol. The summed E-state index contributed by atoms with van der Waals surface area (Å²) in [5.41, 5.74) is 0.907. The van der Waals surface area contributed by atoms with Crippen molar-refractivity contribution in [3.05, 3.63) is 50.1 Å². The highest BCUT2D eigenvalue weighted by Gasteiger charge is 2.17. The molecule has 0 aliphatic carbocycles. The Hall–Kier alpha value is -2.41. The minimum Gasteiger partial charge on any atom is -0.477 e. The molecule has 0 spiro atoms. The summed E-state index contributed by atoms with van der Waals surface area (Å²) in [6.45, 7) is 1.71. The third-order valence-electron chi connectivity index (χ3n) is 2.45. The quantitative estimate of drug-likeness (QED) is 0.795. The molecule has 0 fully saturated rings. The molecule has 19 heavy (non-hydrogen) atoms. The Balaban J connectivity index is 2.28. The summed E-state index contributed by atoms with van der Waals surface area (Å²) < 4.78 is 0. The van der Waals surface area contributed by atoms with Gasteiger partial charge in [-0.1, -0.05) is 0 Å². The van der Waals surface area contributed by atoms with Crippen molar-refractivity contribution in [3.63, 3.8) is 0 Å². The zero-order valence-electron chi connectivity index (χ0n) is 9.89. The summed E-state index contributed by atoms with van der Waals surface area (Å²) in [5, 5.41) is 13.2. The molecule has 2 heterocycles. The number of carboxylic acids is 1. The maximum Gasteiger partial charge on any atom is 0.348 e. The highest BCUT2D eigenvalue weighted by atomic mass is 32.1. The predicted octanol–water partition coefficient (Wildman–Crippen LogP) is 1.70. The lowest BCUT2D eigenvalue weighted by Crippen LogP contribution is -2.16. The van der Waals surface area contributed by atoms with Gasteiger partial charge in [0.2, 0.25) is 5.56 Å². The Morgan fingerprint density at radius 2 is 2.11 bits per heavy atom. The summed E-state index contributed by atoms with van der Waals surface area (Å²) in [7, 11) is 0. The Kier molecular flexibility index (Phi) is 3.48. The van der Waals surface area contributed by atoms with Gasteiger partial charge < -0.3 is 15.4 Å². The molecule has 2 aromatic heterocycles. The Labute approximate surface area is 111 Å². The molecule has 7 heteroatoms. The van der Waals surface area contributed by atoms with Crippen molar-refractivity contribution in [2.45, 2.75) is 6.92 Å². The van der Waals surface area contributed by atoms with Crippen molar-refractivity contribution in [2.75, 3.05) is 5.32 Å². The number of pyridine rings is 1. The number of aromatic nitrogens is 1. The molecule has 0 atom stereocenters. The molecule has 6 nitrogen and oxygen atoms in total. The molecule has 0 saturated carbocycles. The molecule has 2 aromatic rings. The first-order chi connectivity index (χ1) is 8.99. The number of aromatic carboxylic acids is 1. The van der Waals surface area contributed by atoms with Crippen LogP contribution in [0, 0.1) is 6.92 Å². The lowest BCUT2D eigenvalue weighted by atomic mass is 10.2. The number of carbonyl (C=O) groups excluding carboxylic acids is 1. The van der Waals surface area contributed by atoms with E-state index >= 15 is 0 Å². The summed E-state index contributed by atoms with van der Waals surface area (Å²) >= 11 is 1.05. The molecule has 0 aliphatic rings. The van der Waals surface area contributed by atoms with E-state index in [0.29, 0.717) is 5.56 Å². The number of anilines is 1. The molecule has 0 aromatic carbocycles. The largest absolute Gasteiger partial charge is 0.477 e. The second kappa shape index (κ2) is 5.07. The van der Waals surface area contributed by atoms with Crippen molar-refractivity contribution in [3.8, 4) is 0 Å². The predicted molar refractivity (Wildman–Crippen MR) is 71.0 cm³/mol. The van der Waals surface area contributed by atoms with E-state index in [1.807, 2.05) is 0 Å². The maximum atomic E-state index is 11.9. The van der Waals surface area contributed by atoms with Gasteiger partial charge in [-0.3, -0.25) is 9.59 Å². The zero-order valence-corrected chi connectivity index (χ0v) is 10.7. The standard InChI is InChI=1S/C12H10N2O4S/c1-6-5-19-10(12(17)18)9(6)14-11(16)7-2-3-8(15)13-4-7/h2-5H,1H3,(H,13,15)(H,14,16)(H,17,18). The van der Waals surface area contributed by atoms with Crippen molar-refractivity contribution >= 4 is 28.9 Å². The highest BCUT2D eigenvalue weighted by Crippen LogP contribution is 2.27. The van der Waals surface area contributed by atoms with Crippen LogP contribution in [0.15, 0.2) is 28.5 Å². The van der Waals surface area contributed by atoms with Crippen LogP contribution in [0.4, 0.5) is 5.69 Å². The van der Waals surface area contributed by atoms with Crippen molar-refractivity contribution in [1.82, 2.24) is 4.98 Å². The molecule has 0 radical (unpaired) electrons. The topological polar surface area (TPSA) is 99.3 Å². The summed E-state index contributed by atoms with van der Waals surface area (Å²) in [6.07, 6.45) is 1.28. The minimum absolute atomic E-state index is 0.0790. The van der Waals surface area contributed by atoms with Gasteiger partial charge in [-0.15, -0.1) is 11.3 Å². The second-order valence-corrected chi connectivity index (χ2v) is 4.70. The Morgan fingerprint density at radius 1 is 1.37 bits per heavy atom. The summed E-state index contributed by atoms with van der Waals surface area (Å²) in [5.74, 6) is -1.56. The van der Waals surface area contributed by atoms with Crippen LogP contribution in [0.5, 0.6) is 0 Å². The number of rotatable bonds is 3. The lowest BCUT2D eigenvalue weighted by molar-refractivity contribution is 0.0703. The van der Waals surface area contributed by atoms with Crippen LogP contribution in [-0.4, -0.2) is 22.0 Å². The van der Waals surface area contributed by atoms with Gasteiger partial charge >= 0.3 is 5.97 Å². The number of nitrogens with one attached hydrogen (secondary N) is 2. The van der Waals surface area contributed by atoms with Gasteiger partial charge in [0, 0.05) is 12.3 Å². The molecule has 0 unspecified atom stereocenters. The SMILES string of the molecule is Cc1csc(C(=O)O)c1NC(=O)c1ccc(=O)[nH]c1. The number of H-pyrrole nitrogens is 1. The van der Waals surface area contributed by atoms with E-state index in [9.17, 15) is 14.4 Å². The first-order valence-electron chi connectivity index (χ1n) is 5.30. The Bertz CT molecular complexity index is 682. The van der Waals surface area contributed by atoms with Gasteiger partial charge in [-0.05, 0) is 23.9 Å². The molecule has 98 valence electrons. The number of aromatic amines is 1. The first-order valence-corrected chi connectivity index (χ1v) is 6.18. The molecule has 2 rings (SSSR count). The van der Waals surface area contributed by atoms with Crippen LogP contribution in [0.2, 0.25) is 0 Å². The van der Waals surface area contributed by atoms with Crippen molar-refractivity contribution in [1.29, 1.82) is 0 Å². The fraction of sp³-hybridized carbons (Fsp3) is 0.0833. The van der Waals surface area contributed by atoms with Crippen LogP contribution in [-0.2, 0) is 0 Å². The van der Waals surface area contributed by atoms with E-state index in [0.717, 1.165) is 11.3 Å². The molecule has 3 N–H and O–H groups in total. The van der Waals surface area contributed by atoms with Gasteiger partial charge in [0.1, 0.15) is 4.88 Å². The Morgan fingerprint density at radius 3 is 2.68 bits per heavy atom. The number of hydrogen-bond donors (Lipinski definition) is 3. The first kappa shape index (κ1) is 13.0. The fourth-order valence-electron chi connectivity index (χ4n) is 1.49. The summed E-state index contributed by atoms with van der Waals surface area (Å²) in [6, 6.07) is 2.60. The number of hydrogen-bond acceptors (Lipinski definition) is 4. The van der Waals surface area contributed by atoms with Crippen LogP contribution in [0.3, 0.4) is 0 Å². The minimum atomic E-state index is -1.09. The van der Waals surface area contributed by atoms with Crippen LogP contribution in [0.1, 0.15) is 25.6 Å². The number of amides is 1. The van der Waals surface area contributed by atoms with Gasteiger partial charge in [0.15, 0.2) is 0 Å². The highest BCUT2D eigenvalue weighted by molar-refractivity contribution is 7.12. The normalized spacial score (nSPS) is 10.2. The van der Waals surface area contributed by atoms with Gasteiger partial charge in [0.25, 0.3) is 5.91 Å². The van der Waals surface area contributed by atoms with Crippen molar-refractivity contribution < 1.29 is 14.7 Å². The molecular formula is C12H10N2O4S. The average Bonchev–Trinajstić information content (AvgIpc) is 2.72. The second-order valence-electron chi connectivity index (χ2n) is 3.82. The van der Waals surface area contributed by atoms with Crippen LogP contribution in [0.25, 0.3) is 0 Å². The maximum absolute atomic E-state index is 11.9. The van der Waals surface area contributed by atoms with E-state index in [2.05, 4.69) is 10.3 Å². The molecule has 0 aliphatic heterocycles. The van der Waals surface area contributed by atoms with Crippen LogP contribution < -0.4 is 10.9 Å². The third-order valence-corrected chi connectivity index (χ3v) is 3.54. The van der Waals surface area contributed by atoms with Crippen LogP contribution >= 0.6 is 11.3 Å². The average molecular weight is 278 g/mol. The third kappa shape index (κ3) is 2.71. The van der Waals surface area contributed by atoms with E-state index in [1.165, 1.54) is 18.3 Å². The van der Waals surface area contributed by atoms with Gasteiger partial charge in [-0.2, -0.15) is 0 Å². The number of aryl methyl sites for hydroxylation is 1. The van der Waals surface area contributed by atoms with Gasteiger partial charge in [-0.25, -0.2) is 4.79 Å². The van der Waals surface area contributed by atoms with E-state index in [1.54, 1.807) is 12.3 Å². The number of thiophene rings is 1. The van der Waals surface area contributed by atoms with E-state index < -0.39 is 11.9 Å². The molecule has 0 saturated heterocycles. The molecular weight excluding hydrogens is 268 g/mol. The molecule has 1 amide bonds. The lowest BCUT2D eigenvalue weighted by Gasteiger charge is -2.05. The smallest absolute Gasteiger partial charge is 0.348 e. The van der Waals surface area contributed by atoms with Crippen molar-refractivity contribution in [2.24, 2.45) is 0 Å².